The van der Waals surface area contributed by atoms with Crippen LogP contribution in [0.25, 0.3) is 0 Å². The largest absolute Gasteiger partial charge is 0.378 e. The molecule has 1 saturated heterocycles. The fourth-order valence-corrected chi connectivity index (χ4v) is 2.49. The second-order valence-electron chi connectivity index (χ2n) is 4.73. The van der Waals surface area contributed by atoms with Crippen LogP contribution in [0.3, 0.4) is 0 Å². The van der Waals surface area contributed by atoms with Crippen molar-refractivity contribution < 1.29 is 9.13 Å². The molecule has 0 aliphatic carbocycles. The predicted molar refractivity (Wildman–Crippen MR) is 68.8 cm³/mol. The standard InChI is InChI=1S/C14H21FN2O/c1-2-17-14(9-11-5-3-4-8-18-11)12-6-7-16-10-13(12)15/h6-7,10-11,14,17H,2-5,8-9H2,1H3. The molecule has 1 aliphatic heterocycles. The second-order valence-corrected chi connectivity index (χ2v) is 4.73. The van der Waals surface area contributed by atoms with Crippen LogP contribution in [0.5, 0.6) is 0 Å². The molecule has 2 rings (SSSR count). The zero-order valence-corrected chi connectivity index (χ0v) is 10.9. The van der Waals surface area contributed by atoms with E-state index in [2.05, 4.69) is 10.3 Å². The first-order valence-electron chi connectivity index (χ1n) is 6.75. The van der Waals surface area contributed by atoms with E-state index in [1.165, 1.54) is 12.6 Å². The summed E-state index contributed by atoms with van der Waals surface area (Å²) in [6, 6.07) is 1.77. The summed E-state index contributed by atoms with van der Waals surface area (Å²) in [5.74, 6) is -0.237. The number of hydrogen-bond donors (Lipinski definition) is 1. The van der Waals surface area contributed by atoms with Gasteiger partial charge >= 0.3 is 0 Å². The number of ether oxygens (including phenoxy) is 1. The number of rotatable bonds is 5. The topological polar surface area (TPSA) is 34.1 Å². The van der Waals surface area contributed by atoms with Crippen LogP contribution in [-0.4, -0.2) is 24.2 Å². The molecule has 4 heteroatoms. The van der Waals surface area contributed by atoms with Crippen molar-refractivity contribution in [3.05, 3.63) is 29.8 Å². The Kier molecular flexibility index (Phi) is 5.08. The monoisotopic (exact) mass is 252 g/mol. The molecule has 0 amide bonds. The van der Waals surface area contributed by atoms with Gasteiger partial charge in [-0.05, 0) is 38.3 Å². The minimum Gasteiger partial charge on any atom is -0.378 e. The van der Waals surface area contributed by atoms with Gasteiger partial charge in [-0.25, -0.2) is 4.39 Å². The summed E-state index contributed by atoms with van der Waals surface area (Å²) in [6.45, 7) is 3.69. The van der Waals surface area contributed by atoms with Crippen molar-refractivity contribution >= 4 is 0 Å². The molecule has 18 heavy (non-hydrogen) atoms. The summed E-state index contributed by atoms with van der Waals surface area (Å²) in [7, 11) is 0. The lowest BCUT2D eigenvalue weighted by molar-refractivity contribution is 0.00494. The van der Waals surface area contributed by atoms with Crippen LogP contribution in [-0.2, 0) is 4.74 Å². The SMILES string of the molecule is CCNC(CC1CCCCO1)c1ccncc1F. The Morgan fingerprint density at radius 3 is 3.11 bits per heavy atom. The van der Waals surface area contributed by atoms with Gasteiger partial charge in [-0.1, -0.05) is 6.92 Å². The maximum atomic E-state index is 13.8. The van der Waals surface area contributed by atoms with Gasteiger partial charge in [0, 0.05) is 24.4 Å². The first-order chi connectivity index (χ1) is 8.81. The number of aromatic nitrogens is 1. The molecule has 0 bridgehead atoms. The molecule has 1 aromatic heterocycles. The quantitative estimate of drug-likeness (QED) is 0.875. The van der Waals surface area contributed by atoms with Crippen molar-refractivity contribution in [1.82, 2.24) is 10.3 Å². The van der Waals surface area contributed by atoms with E-state index < -0.39 is 0 Å². The fourth-order valence-electron chi connectivity index (χ4n) is 2.49. The Balaban J connectivity index is 2.05. The number of nitrogens with one attached hydrogen (secondary N) is 1. The van der Waals surface area contributed by atoms with Crippen molar-refractivity contribution in [1.29, 1.82) is 0 Å². The zero-order valence-electron chi connectivity index (χ0n) is 10.9. The molecule has 0 radical (unpaired) electrons. The Morgan fingerprint density at radius 1 is 1.56 bits per heavy atom. The van der Waals surface area contributed by atoms with E-state index in [0.717, 1.165) is 32.4 Å². The summed E-state index contributed by atoms with van der Waals surface area (Å²) in [4.78, 5) is 3.80. The van der Waals surface area contributed by atoms with E-state index >= 15 is 0 Å². The zero-order chi connectivity index (χ0) is 12.8. The van der Waals surface area contributed by atoms with Crippen LogP contribution in [0, 0.1) is 5.82 Å². The van der Waals surface area contributed by atoms with Gasteiger partial charge in [-0.3, -0.25) is 4.98 Å². The molecule has 2 heterocycles. The van der Waals surface area contributed by atoms with Crippen LogP contribution in [0.1, 0.15) is 44.2 Å². The summed E-state index contributed by atoms with van der Waals surface area (Å²) in [6.07, 6.45) is 7.43. The van der Waals surface area contributed by atoms with Gasteiger partial charge in [0.05, 0.1) is 12.3 Å². The van der Waals surface area contributed by atoms with Gasteiger partial charge in [0.25, 0.3) is 0 Å². The molecule has 3 nitrogen and oxygen atoms in total. The first-order valence-corrected chi connectivity index (χ1v) is 6.75. The lowest BCUT2D eigenvalue weighted by Crippen LogP contribution is -2.29. The third-order valence-electron chi connectivity index (χ3n) is 3.40. The van der Waals surface area contributed by atoms with E-state index in [9.17, 15) is 4.39 Å². The van der Waals surface area contributed by atoms with E-state index in [1.807, 2.05) is 6.92 Å². The molecule has 0 saturated carbocycles. The van der Waals surface area contributed by atoms with Gasteiger partial charge in [0.15, 0.2) is 0 Å². The summed E-state index contributed by atoms with van der Waals surface area (Å²) >= 11 is 0. The number of pyridine rings is 1. The van der Waals surface area contributed by atoms with Crippen LogP contribution in [0.2, 0.25) is 0 Å². The van der Waals surface area contributed by atoms with E-state index in [-0.39, 0.29) is 18.0 Å². The van der Waals surface area contributed by atoms with Crippen LogP contribution >= 0.6 is 0 Å². The van der Waals surface area contributed by atoms with Gasteiger partial charge < -0.3 is 10.1 Å². The molecule has 1 N–H and O–H groups in total. The molecular weight excluding hydrogens is 231 g/mol. The van der Waals surface area contributed by atoms with Crippen LogP contribution < -0.4 is 5.32 Å². The van der Waals surface area contributed by atoms with E-state index in [0.29, 0.717) is 5.56 Å². The summed E-state index contributed by atoms with van der Waals surface area (Å²) in [5.41, 5.74) is 0.695. The van der Waals surface area contributed by atoms with Crippen LogP contribution in [0.4, 0.5) is 4.39 Å². The van der Waals surface area contributed by atoms with E-state index in [4.69, 9.17) is 4.74 Å². The van der Waals surface area contributed by atoms with Gasteiger partial charge in [-0.15, -0.1) is 0 Å². The van der Waals surface area contributed by atoms with Crippen molar-refractivity contribution in [3.8, 4) is 0 Å². The molecule has 1 fully saturated rings. The summed E-state index contributed by atoms with van der Waals surface area (Å²) in [5, 5.41) is 3.34. The molecule has 0 spiro atoms. The van der Waals surface area contributed by atoms with Crippen molar-refractivity contribution in [3.63, 3.8) is 0 Å². The predicted octanol–water partition coefficient (Wildman–Crippen LogP) is 2.83. The third kappa shape index (κ3) is 3.50. The smallest absolute Gasteiger partial charge is 0.146 e. The first kappa shape index (κ1) is 13.4. The highest BCUT2D eigenvalue weighted by Crippen LogP contribution is 2.26. The third-order valence-corrected chi connectivity index (χ3v) is 3.40. The van der Waals surface area contributed by atoms with Crippen molar-refractivity contribution in [2.45, 2.75) is 44.8 Å². The molecule has 2 atom stereocenters. The van der Waals surface area contributed by atoms with Gasteiger partial charge in [-0.2, -0.15) is 0 Å². The fraction of sp³-hybridized carbons (Fsp3) is 0.643. The Hall–Kier alpha value is -1.00. The minimum atomic E-state index is -0.237. The van der Waals surface area contributed by atoms with E-state index in [1.54, 1.807) is 12.3 Å². The molecule has 1 aromatic rings. The lowest BCUT2D eigenvalue weighted by atomic mass is 9.97. The highest BCUT2D eigenvalue weighted by molar-refractivity contribution is 5.17. The molecule has 2 unspecified atom stereocenters. The van der Waals surface area contributed by atoms with Crippen LogP contribution in [0.15, 0.2) is 18.5 Å². The maximum absolute atomic E-state index is 13.8. The van der Waals surface area contributed by atoms with Crippen molar-refractivity contribution in [2.24, 2.45) is 0 Å². The second kappa shape index (κ2) is 6.81. The van der Waals surface area contributed by atoms with Gasteiger partial charge in [0.2, 0.25) is 0 Å². The normalized spacial score (nSPS) is 21.8. The molecule has 1 aliphatic rings. The average Bonchev–Trinajstić information content (AvgIpc) is 2.40. The average molecular weight is 252 g/mol. The lowest BCUT2D eigenvalue weighted by Gasteiger charge is -2.27. The number of nitrogens with zero attached hydrogens (tertiary/aromatic N) is 1. The molecular formula is C14H21FN2O. The maximum Gasteiger partial charge on any atom is 0.146 e. The van der Waals surface area contributed by atoms with Gasteiger partial charge in [0.1, 0.15) is 5.82 Å². The minimum absolute atomic E-state index is 0.0149. The Labute approximate surface area is 108 Å². The highest BCUT2D eigenvalue weighted by Gasteiger charge is 2.22. The number of halogens is 1. The molecule has 100 valence electrons. The Bertz CT molecular complexity index is 367. The Morgan fingerprint density at radius 2 is 2.44 bits per heavy atom. The highest BCUT2D eigenvalue weighted by atomic mass is 19.1. The summed E-state index contributed by atoms with van der Waals surface area (Å²) < 4.78 is 19.5. The number of hydrogen-bond acceptors (Lipinski definition) is 3. The van der Waals surface area contributed by atoms with Crippen molar-refractivity contribution in [2.75, 3.05) is 13.2 Å². The molecule has 0 aromatic carbocycles.